The standard InChI is InChI=1S/C11H18N4O/c1-2-12-11(13-7-9-3-4-9)14-8-10-5-6-16-15-10/h5-6,9H,2-4,7-8H2,1H3,(H2,12,13,14). The fourth-order valence-electron chi connectivity index (χ4n) is 1.38. The molecule has 0 radical (unpaired) electrons. The van der Waals surface area contributed by atoms with Crippen LogP contribution in [-0.4, -0.2) is 24.2 Å². The van der Waals surface area contributed by atoms with Crippen LogP contribution in [0.1, 0.15) is 25.5 Å². The van der Waals surface area contributed by atoms with Crippen molar-refractivity contribution in [2.24, 2.45) is 10.9 Å². The van der Waals surface area contributed by atoms with E-state index in [1.807, 2.05) is 6.07 Å². The second-order valence-corrected chi connectivity index (χ2v) is 4.01. The van der Waals surface area contributed by atoms with Crippen molar-refractivity contribution in [2.45, 2.75) is 26.3 Å². The zero-order valence-electron chi connectivity index (χ0n) is 9.57. The van der Waals surface area contributed by atoms with Crippen molar-refractivity contribution in [3.8, 4) is 0 Å². The van der Waals surface area contributed by atoms with Crippen LogP contribution in [0, 0.1) is 5.92 Å². The van der Waals surface area contributed by atoms with E-state index in [9.17, 15) is 0 Å². The molecule has 0 saturated heterocycles. The zero-order valence-corrected chi connectivity index (χ0v) is 9.57. The van der Waals surface area contributed by atoms with Crippen molar-refractivity contribution in [1.29, 1.82) is 0 Å². The molecule has 5 heteroatoms. The lowest BCUT2D eigenvalue weighted by atomic mass is 10.4. The average molecular weight is 222 g/mol. The van der Waals surface area contributed by atoms with E-state index in [2.05, 4.69) is 27.7 Å². The number of aromatic nitrogens is 1. The fourth-order valence-corrected chi connectivity index (χ4v) is 1.38. The summed E-state index contributed by atoms with van der Waals surface area (Å²) in [4.78, 5) is 4.43. The summed E-state index contributed by atoms with van der Waals surface area (Å²) in [5, 5.41) is 10.4. The first-order chi connectivity index (χ1) is 7.88. The first kappa shape index (κ1) is 11.0. The molecule has 2 rings (SSSR count). The van der Waals surface area contributed by atoms with Gasteiger partial charge in [0, 0.05) is 19.2 Å². The van der Waals surface area contributed by atoms with Gasteiger partial charge in [-0.25, -0.2) is 4.99 Å². The van der Waals surface area contributed by atoms with Crippen molar-refractivity contribution in [2.75, 3.05) is 13.1 Å². The van der Waals surface area contributed by atoms with Crippen LogP contribution in [0.4, 0.5) is 0 Å². The third-order valence-electron chi connectivity index (χ3n) is 2.49. The summed E-state index contributed by atoms with van der Waals surface area (Å²) in [5.41, 5.74) is 0.851. The third kappa shape index (κ3) is 3.56. The van der Waals surface area contributed by atoms with Crippen molar-refractivity contribution in [3.63, 3.8) is 0 Å². The SMILES string of the molecule is CCNC(=NCc1ccon1)NCC1CC1. The summed E-state index contributed by atoms with van der Waals surface area (Å²) in [5.74, 6) is 1.70. The van der Waals surface area contributed by atoms with Crippen LogP contribution in [-0.2, 0) is 6.54 Å². The molecule has 0 aliphatic heterocycles. The largest absolute Gasteiger partial charge is 0.364 e. The molecule has 1 fully saturated rings. The molecule has 1 aromatic heterocycles. The predicted octanol–water partition coefficient (Wildman–Crippen LogP) is 1.14. The molecular formula is C11H18N4O. The average Bonchev–Trinajstić information content (AvgIpc) is 2.97. The van der Waals surface area contributed by atoms with Crippen molar-refractivity contribution >= 4 is 5.96 Å². The summed E-state index contributed by atoms with van der Waals surface area (Å²) in [7, 11) is 0. The summed E-state index contributed by atoms with van der Waals surface area (Å²) >= 11 is 0. The fraction of sp³-hybridized carbons (Fsp3) is 0.636. The van der Waals surface area contributed by atoms with Crippen molar-refractivity contribution < 1.29 is 4.52 Å². The molecule has 1 aromatic rings. The van der Waals surface area contributed by atoms with Gasteiger partial charge in [0.05, 0.1) is 6.54 Å². The minimum atomic E-state index is 0.552. The Labute approximate surface area is 95.3 Å². The van der Waals surface area contributed by atoms with Crippen LogP contribution in [0.15, 0.2) is 21.8 Å². The summed E-state index contributed by atoms with van der Waals surface area (Å²) in [6.07, 6.45) is 4.25. The molecule has 0 unspecified atom stereocenters. The van der Waals surface area contributed by atoms with Gasteiger partial charge in [-0.15, -0.1) is 0 Å². The highest BCUT2D eigenvalue weighted by Gasteiger charge is 2.20. The number of hydrogen-bond donors (Lipinski definition) is 2. The number of nitrogens with zero attached hydrogens (tertiary/aromatic N) is 2. The van der Waals surface area contributed by atoms with E-state index in [1.54, 1.807) is 6.26 Å². The highest BCUT2D eigenvalue weighted by Crippen LogP contribution is 2.27. The van der Waals surface area contributed by atoms with Gasteiger partial charge in [0.1, 0.15) is 12.0 Å². The van der Waals surface area contributed by atoms with Gasteiger partial charge in [0.2, 0.25) is 0 Å². The van der Waals surface area contributed by atoms with Crippen molar-refractivity contribution in [1.82, 2.24) is 15.8 Å². The Morgan fingerprint density at radius 2 is 2.44 bits per heavy atom. The molecule has 0 bridgehead atoms. The van der Waals surface area contributed by atoms with Crippen LogP contribution in [0.25, 0.3) is 0 Å². The molecule has 16 heavy (non-hydrogen) atoms. The number of nitrogens with one attached hydrogen (secondary N) is 2. The molecule has 0 atom stereocenters. The minimum Gasteiger partial charge on any atom is -0.364 e. The number of rotatable bonds is 5. The van der Waals surface area contributed by atoms with Gasteiger partial charge in [-0.05, 0) is 25.7 Å². The molecule has 1 saturated carbocycles. The van der Waals surface area contributed by atoms with E-state index in [1.165, 1.54) is 12.8 Å². The molecular weight excluding hydrogens is 204 g/mol. The first-order valence-corrected chi connectivity index (χ1v) is 5.80. The molecule has 1 aliphatic rings. The van der Waals surface area contributed by atoms with E-state index in [0.717, 1.165) is 30.7 Å². The van der Waals surface area contributed by atoms with Crippen LogP contribution in [0.3, 0.4) is 0 Å². The van der Waals surface area contributed by atoms with Crippen LogP contribution < -0.4 is 10.6 Å². The van der Waals surface area contributed by atoms with Crippen LogP contribution >= 0.6 is 0 Å². The van der Waals surface area contributed by atoms with Gasteiger partial charge >= 0.3 is 0 Å². The Bertz CT molecular complexity index is 330. The number of aliphatic imine (C=N–C) groups is 1. The van der Waals surface area contributed by atoms with E-state index in [4.69, 9.17) is 4.52 Å². The topological polar surface area (TPSA) is 62.5 Å². The molecule has 0 aromatic carbocycles. The Kier molecular flexibility index (Phi) is 3.80. The Morgan fingerprint density at radius 3 is 3.06 bits per heavy atom. The smallest absolute Gasteiger partial charge is 0.191 e. The second-order valence-electron chi connectivity index (χ2n) is 4.01. The maximum atomic E-state index is 4.75. The molecule has 5 nitrogen and oxygen atoms in total. The molecule has 0 spiro atoms. The summed E-state index contributed by atoms with van der Waals surface area (Å²) < 4.78 is 4.75. The zero-order chi connectivity index (χ0) is 11.2. The number of guanidine groups is 1. The van der Waals surface area contributed by atoms with Gasteiger partial charge in [0.15, 0.2) is 5.96 Å². The lowest BCUT2D eigenvalue weighted by molar-refractivity contribution is 0.412. The summed E-state index contributed by atoms with van der Waals surface area (Å²) in [6.45, 7) is 4.50. The summed E-state index contributed by atoms with van der Waals surface area (Å²) in [6, 6.07) is 1.83. The lowest BCUT2D eigenvalue weighted by Gasteiger charge is -2.09. The van der Waals surface area contributed by atoms with E-state index in [-0.39, 0.29) is 0 Å². The van der Waals surface area contributed by atoms with Gasteiger partial charge in [-0.2, -0.15) is 0 Å². The van der Waals surface area contributed by atoms with Crippen LogP contribution in [0.5, 0.6) is 0 Å². The van der Waals surface area contributed by atoms with Crippen LogP contribution in [0.2, 0.25) is 0 Å². The Hall–Kier alpha value is -1.52. The van der Waals surface area contributed by atoms with Gasteiger partial charge in [-0.1, -0.05) is 5.16 Å². The van der Waals surface area contributed by atoms with Crippen molar-refractivity contribution in [3.05, 3.63) is 18.0 Å². The monoisotopic (exact) mass is 222 g/mol. The molecule has 2 N–H and O–H groups in total. The lowest BCUT2D eigenvalue weighted by Crippen LogP contribution is -2.38. The molecule has 0 amide bonds. The second kappa shape index (κ2) is 5.53. The Balaban J connectivity index is 1.81. The van der Waals surface area contributed by atoms with E-state index < -0.39 is 0 Å². The van der Waals surface area contributed by atoms with Gasteiger partial charge < -0.3 is 15.2 Å². The van der Waals surface area contributed by atoms with E-state index in [0.29, 0.717) is 6.54 Å². The van der Waals surface area contributed by atoms with Gasteiger partial charge in [-0.3, -0.25) is 0 Å². The minimum absolute atomic E-state index is 0.552. The molecule has 1 heterocycles. The normalized spacial score (nSPS) is 16.2. The highest BCUT2D eigenvalue weighted by molar-refractivity contribution is 5.79. The Morgan fingerprint density at radius 1 is 1.56 bits per heavy atom. The maximum Gasteiger partial charge on any atom is 0.191 e. The van der Waals surface area contributed by atoms with Gasteiger partial charge in [0.25, 0.3) is 0 Å². The predicted molar refractivity (Wildman–Crippen MR) is 62.0 cm³/mol. The third-order valence-corrected chi connectivity index (χ3v) is 2.49. The molecule has 88 valence electrons. The highest BCUT2D eigenvalue weighted by atomic mass is 16.5. The molecule has 1 aliphatic carbocycles. The quantitative estimate of drug-likeness (QED) is 0.579. The maximum absolute atomic E-state index is 4.75. The van der Waals surface area contributed by atoms with E-state index >= 15 is 0 Å². The number of hydrogen-bond acceptors (Lipinski definition) is 3. The first-order valence-electron chi connectivity index (χ1n) is 5.80.